The SMILES string of the molecule is COCC(C)(C)NS(=O)(=O)c1ccc(CCCN)cc1. The molecule has 0 saturated carbocycles. The van der Waals surface area contributed by atoms with E-state index in [9.17, 15) is 8.42 Å². The van der Waals surface area contributed by atoms with E-state index in [2.05, 4.69) is 4.72 Å². The molecule has 1 aromatic carbocycles. The standard InChI is InChI=1S/C14H24N2O3S/c1-14(2,11-19-3)16-20(17,18)13-8-6-12(7-9-13)5-4-10-15/h6-9,16H,4-5,10-11,15H2,1-3H3. The summed E-state index contributed by atoms with van der Waals surface area (Å²) < 4.78 is 32.2. The Morgan fingerprint density at radius 2 is 1.85 bits per heavy atom. The van der Waals surface area contributed by atoms with Crippen LogP contribution in [0.2, 0.25) is 0 Å². The zero-order chi connectivity index (χ0) is 15.2. The Morgan fingerprint density at radius 3 is 2.35 bits per heavy atom. The van der Waals surface area contributed by atoms with Gasteiger partial charge in [-0.3, -0.25) is 0 Å². The van der Waals surface area contributed by atoms with Gasteiger partial charge in [0.1, 0.15) is 0 Å². The van der Waals surface area contributed by atoms with E-state index in [1.165, 1.54) is 0 Å². The van der Waals surface area contributed by atoms with Crippen molar-refractivity contribution in [2.75, 3.05) is 20.3 Å². The zero-order valence-corrected chi connectivity index (χ0v) is 13.2. The fraction of sp³-hybridized carbons (Fsp3) is 0.571. The van der Waals surface area contributed by atoms with Crippen molar-refractivity contribution in [3.05, 3.63) is 29.8 Å². The Morgan fingerprint density at radius 1 is 1.25 bits per heavy atom. The highest BCUT2D eigenvalue weighted by Gasteiger charge is 2.26. The summed E-state index contributed by atoms with van der Waals surface area (Å²) in [4.78, 5) is 0.262. The van der Waals surface area contributed by atoms with E-state index in [1.807, 2.05) is 12.1 Å². The van der Waals surface area contributed by atoms with Crippen LogP contribution in [0.3, 0.4) is 0 Å². The third-order valence-electron chi connectivity index (χ3n) is 2.82. The molecule has 0 bridgehead atoms. The maximum Gasteiger partial charge on any atom is 0.241 e. The van der Waals surface area contributed by atoms with Gasteiger partial charge in [0.25, 0.3) is 0 Å². The van der Waals surface area contributed by atoms with Gasteiger partial charge in [-0.25, -0.2) is 13.1 Å². The quantitative estimate of drug-likeness (QED) is 0.758. The van der Waals surface area contributed by atoms with Crippen LogP contribution in [0.1, 0.15) is 25.8 Å². The molecule has 0 aromatic heterocycles. The first-order chi connectivity index (χ1) is 9.30. The number of nitrogens with one attached hydrogen (secondary N) is 1. The van der Waals surface area contributed by atoms with Gasteiger partial charge in [-0.15, -0.1) is 0 Å². The molecule has 0 aliphatic heterocycles. The lowest BCUT2D eigenvalue weighted by Gasteiger charge is -2.24. The summed E-state index contributed by atoms with van der Waals surface area (Å²) in [6.45, 7) is 4.50. The molecule has 0 radical (unpaired) electrons. The molecule has 6 heteroatoms. The van der Waals surface area contributed by atoms with E-state index in [0.717, 1.165) is 18.4 Å². The van der Waals surface area contributed by atoms with E-state index in [-0.39, 0.29) is 4.90 Å². The molecule has 0 aliphatic rings. The first-order valence-electron chi connectivity index (χ1n) is 6.63. The average Bonchev–Trinajstić information content (AvgIpc) is 2.35. The largest absolute Gasteiger partial charge is 0.383 e. The molecule has 5 nitrogen and oxygen atoms in total. The van der Waals surface area contributed by atoms with Crippen molar-refractivity contribution < 1.29 is 13.2 Å². The maximum absolute atomic E-state index is 12.3. The van der Waals surface area contributed by atoms with Crippen molar-refractivity contribution >= 4 is 10.0 Å². The summed E-state index contributed by atoms with van der Waals surface area (Å²) in [5, 5.41) is 0. The Kier molecular flexibility index (Phi) is 6.13. The Bertz CT molecular complexity index is 510. The number of nitrogens with two attached hydrogens (primary N) is 1. The molecule has 0 aliphatic carbocycles. The molecule has 1 aromatic rings. The topological polar surface area (TPSA) is 81.4 Å². The van der Waals surface area contributed by atoms with Crippen molar-refractivity contribution in [1.82, 2.24) is 4.72 Å². The zero-order valence-electron chi connectivity index (χ0n) is 12.3. The first kappa shape index (κ1) is 17.1. The number of hydrogen-bond donors (Lipinski definition) is 2. The lowest BCUT2D eigenvalue weighted by atomic mass is 10.1. The minimum atomic E-state index is -3.53. The van der Waals surface area contributed by atoms with Crippen LogP contribution in [0.25, 0.3) is 0 Å². The van der Waals surface area contributed by atoms with Crippen LogP contribution in [0.15, 0.2) is 29.2 Å². The van der Waals surface area contributed by atoms with Crippen LogP contribution in [-0.4, -0.2) is 34.2 Å². The van der Waals surface area contributed by atoms with Gasteiger partial charge in [-0.2, -0.15) is 0 Å². The van der Waals surface area contributed by atoms with Gasteiger partial charge >= 0.3 is 0 Å². The lowest BCUT2D eigenvalue weighted by molar-refractivity contribution is 0.141. The monoisotopic (exact) mass is 300 g/mol. The first-order valence-corrected chi connectivity index (χ1v) is 8.11. The summed E-state index contributed by atoms with van der Waals surface area (Å²) in [6, 6.07) is 6.90. The van der Waals surface area contributed by atoms with Crippen LogP contribution in [0.5, 0.6) is 0 Å². The highest BCUT2D eigenvalue weighted by molar-refractivity contribution is 7.89. The molecule has 0 amide bonds. The fourth-order valence-corrected chi connectivity index (χ4v) is 3.35. The van der Waals surface area contributed by atoms with Gasteiger partial charge in [0.2, 0.25) is 10.0 Å². The molecule has 0 atom stereocenters. The number of aryl methyl sites for hydroxylation is 1. The fourth-order valence-electron chi connectivity index (χ4n) is 1.95. The van der Waals surface area contributed by atoms with Gasteiger partial charge in [0.05, 0.1) is 17.0 Å². The molecule has 114 valence electrons. The summed E-state index contributed by atoms with van der Waals surface area (Å²) in [6.07, 6.45) is 1.75. The molecule has 20 heavy (non-hydrogen) atoms. The van der Waals surface area contributed by atoms with Crippen molar-refractivity contribution in [2.45, 2.75) is 37.1 Å². The van der Waals surface area contributed by atoms with Gasteiger partial charge in [0.15, 0.2) is 0 Å². The summed E-state index contributed by atoms with van der Waals surface area (Å²) >= 11 is 0. The average molecular weight is 300 g/mol. The number of methoxy groups -OCH3 is 1. The minimum absolute atomic E-state index is 0.262. The predicted molar refractivity (Wildman–Crippen MR) is 80.1 cm³/mol. The molecular weight excluding hydrogens is 276 g/mol. The Hall–Kier alpha value is -0.950. The molecule has 0 unspecified atom stereocenters. The van der Waals surface area contributed by atoms with Crippen LogP contribution in [0.4, 0.5) is 0 Å². The molecule has 0 fully saturated rings. The summed E-state index contributed by atoms with van der Waals surface area (Å²) in [7, 11) is -1.99. The second-order valence-electron chi connectivity index (χ2n) is 5.46. The molecule has 0 saturated heterocycles. The highest BCUT2D eigenvalue weighted by atomic mass is 32.2. The lowest BCUT2D eigenvalue weighted by Crippen LogP contribution is -2.46. The van der Waals surface area contributed by atoms with Gasteiger partial charge in [-0.1, -0.05) is 12.1 Å². The Balaban J connectivity index is 2.82. The van der Waals surface area contributed by atoms with Crippen LogP contribution < -0.4 is 10.5 Å². The normalized spacial score (nSPS) is 12.6. The van der Waals surface area contributed by atoms with Crippen molar-refractivity contribution in [2.24, 2.45) is 5.73 Å². The highest BCUT2D eigenvalue weighted by Crippen LogP contribution is 2.15. The maximum atomic E-state index is 12.3. The van der Waals surface area contributed by atoms with E-state index < -0.39 is 15.6 Å². The van der Waals surface area contributed by atoms with Crippen molar-refractivity contribution in [1.29, 1.82) is 0 Å². The third-order valence-corrected chi connectivity index (χ3v) is 4.53. The van der Waals surface area contributed by atoms with Crippen LogP contribution in [-0.2, 0) is 21.2 Å². The number of sulfonamides is 1. The smallest absolute Gasteiger partial charge is 0.241 e. The minimum Gasteiger partial charge on any atom is -0.383 e. The molecule has 0 spiro atoms. The Labute approximate surface area is 121 Å². The number of benzene rings is 1. The predicted octanol–water partition coefficient (Wildman–Crippen LogP) is 1.28. The molecule has 0 heterocycles. The van der Waals surface area contributed by atoms with E-state index in [1.54, 1.807) is 33.1 Å². The van der Waals surface area contributed by atoms with Crippen molar-refractivity contribution in [3.8, 4) is 0 Å². The van der Waals surface area contributed by atoms with Crippen LogP contribution >= 0.6 is 0 Å². The molecule has 3 N–H and O–H groups in total. The van der Waals surface area contributed by atoms with Crippen LogP contribution in [0, 0.1) is 0 Å². The number of rotatable bonds is 8. The summed E-state index contributed by atoms with van der Waals surface area (Å²) in [5.74, 6) is 0. The van der Waals surface area contributed by atoms with Crippen molar-refractivity contribution in [3.63, 3.8) is 0 Å². The summed E-state index contributed by atoms with van der Waals surface area (Å²) in [5.41, 5.74) is 5.90. The molecule has 1 rings (SSSR count). The van der Waals surface area contributed by atoms with Gasteiger partial charge < -0.3 is 10.5 Å². The van der Waals surface area contributed by atoms with Gasteiger partial charge in [0, 0.05) is 7.11 Å². The van der Waals surface area contributed by atoms with E-state index in [4.69, 9.17) is 10.5 Å². The number of hydrogen-bond acceptors (Lipinski definition) is 4. The van der Waals surface area contributed by atoms with E-state index >= 15 is 0 Å². The molecular formula is C14H24N2O3S. The number of ether oxygens (including phenoxy) is 1. The van der Waals surface area contributed by atoms with E-state index in [0.29, 0.717) is 13.2 Å². The second-order valence-corrected chi connectivity index (χ2v) is 7.14. The third kappa shape index (κ3) is 5.20. The van der Waals surface area contributed by atoms with Gasteiger partial charge in [-0.05, 0) is 50.9 Å². The second kappa shape index (κ2) is 7.17.